The van der Waals surface area contributed by atoms with Gasteiger partial charge in [-0.3, -0.25) is 88.4 Å². The van der Waals surface area contributed by atoms with Crippen molar-refractivity contribution < 1.29 is 209 Å². The summed E-state index contributed by atoms with van der Waals surface area (Å²) >= 11 is 0. The zero-order valence-corrected chi connectivity index (χ0v) is 84.3. The third-order valence-electron chi connectivity index (χ3n) is 28.0. The van der Waals surface area contributed by atoms with Crippen molar-refractivity contribution in [2.24, 2.45) is 39.9 Å². The van der Waals surface area contributed by atoms with Crippen molar-refractivity contribution in [2.45, 2.75) is 148 Å². The van der Waals surface area contributed by atoms with Gasteiger partial charge in [0.2, 0.25) is 17.8 Å². The number of methoxy groups -OCH3 is 3. The number of aromatic amines is 3. The van der Waals surface area contributed by atoms with Crippen LogP contribution >= 0.6 is 46.9 Å². The smallest absolute Gasteiger partial charge is 0.756 e. The van der Waals surface area contributed by atoms with E-state index in [-0.39, 0.29) is 176 Å². The first-order chi connectivity index (χ1) is 67.0. The minimum atomic E-state index is -5.25. The van der Waals surface area contributed by atoms with E-state index in [1.54, 1.807) is 15.5 Å². The van der Waals surface area contributed by atoms with Crippen molar-refractivity contribution in [1.29, 1.82) is 0 Å². The van der Waals surface area contributed by atoms with E-state index in [1.807, 2.05) is 6.92 Å². The number of ether oxygens (including phenoxy) is 6. The molecule has 24 rings (SSSR count). The van der Waals surface area contributed by atoms with Crippen LogP contribution in [0.2, 0.25) is 0 Å². The van der Waals surface area contributed by atoms with Gasteiger partial charge in [-0.1, -0.05) is 6.92 Å². The molecule has 143 heavy (non-hydrogen) atoms. The molecule has 18 heterocycles. The van der Waals surface area contributed by atoms with Crippen LogP contribution in [0.4, 0.5) is 35.3 Å². The molecule has 12 aromatic rings. The second-order valence-electron chi connectivity index (χ2n) is 35.6. The summed E-state index contributed by atoms with van der Waals surface area (Å²) in [7, 11) is -26.3. The number of phosphoric acid groups is 6. The van der Waals surface area contributed by atoms with E-state index in [4.69, 9.17) is 117 Å². The molecule has 0 amide bonds. The Morgan fingerprint density at radius 3 is 1.06 bits per heavy atom. The van der Waals surface area contributed by atoms with Crippen molar-refractivity contribution in [3.63, 3.8) is 0 Å². The molecule has 6 saturated heterocycles. The molecule has 0 radical (unpaired) electrons. The molecular weight excluding hydrogens is 2050 g/mol. The van der Waals surface area contributed by atoms with Crippen molar-refractivity contribution in [1.82, 2.24) is 117 Å². The second-order valence-corrected chi connectivity index (χ2v) is 43.9. The second kappa shape index (κ2) is 36.9. The third-order valence-corrected chi connectivity index (χ3v) is 33.7. The fourth-order valence-corrected chi connectivity index (χ4v) is 27.7. The first-order valence-electron chi connectivity index (χ1n) is 42.7. The molecule has 73 heteroatoms. The zero-order valence-electron chi connectivity index (χ0n) is 75.0. The third kappa shape index (κ3) is 17.6. The average molecular weight is 2140 g/mol. The SMILES string of the molecule is CO[C@H]1[C@H]2OP(=O)(O)OC[C@]34C[C@@H]3[C@@H](n3cnc5c(N)ncnc53)[C@H](C)[C@@H]4OP(=O)(O)OC[C@H]1O[C@H]2n1cnc2c(=O)[nH]c(N)nc21.CO[C@H]1[C@H]2OP(=O)(O)OC[C@]34C[C@@H]3[C@@H](n3cnc5c(N)ncnc53)[C@H](O)[C@@H]4OP(=O)(O)OC[C@H]1O[C@H]2n1cnc2c(=O)[nH]c(N)nc21.CO[C@H]1[C@H]2OP(=O)([O-])OC[C@]34C[C@@H]3[C@@H](n3cnc5c(N)ncnc53)[C@H](O)[C@@H]4OP(=O)([O-])OC[C@H]1O[C@H]2n1cnc2c(=O)[nH]c(N)nc21.[Na+].[Na+]. The molecule has 65 nitrogen and oxygen atoms in total. The Balaban J connectivity index is 0.000000130. The molecule has 756 valence electrons. The van der Waals surface area contributed by atoms with Gasteiger partial charge in [0.05, 0.1) is 95.8 Å². The summed E-state index contributed by atoms with van der Waals surface area (Å²) in [5.41, 5.74) is 31.1. The number of aliphatic hydroxyl groups excluding tert-OH is 2. The quantitative estimate of drug-likeness (QED) is 0.0471. The number of fused-ring (bicyclic) bond motifs is 12. The molecule has 6 unspecified atom stereocenters. The van der Waals surface area contributed by atoms with Gasteiger partial charge in [-0.2, -0.15) is 15.0 Å². The monoisotopic (exact) mass is 2140 g/mol. The molecule has 12 aromatic heterocycles. The van der Waals surface area contributed by atoms with Gasteiger partial charge in [0.25, 0.3) is 32.3 Å². The number of hydrogen-bond acceptors (Lipinski definition) is 52. The van der Waals surface area contributed by atoms with Gasteiger partial charge in [-0.25, -0.2) is 78.1 Å². The molecule has 6 aliphatic heterocycles. The number of anilines is 6. The number of H-pyrrole nitrogens is 3. The fourth-order valence-electron chi connectivity index (χ4n) is 21.7. The van der Waals surface area contributed by atoms with E-state index >= 15 is 0 Å². The molecule has 6 bridgehead atoms. The largest absolute Gasteiger partial charge is 1.00 e. The van der Waals surface area contributed by atoms with Crippen LogP contribution in [0.25, 0.3) is 67.0 Å². The number of aliphatic hydroxyl groups is 2. The molecule has 3 spiro atoms. The number of aromatic nitrogens is 24. The maximum absolute atomic E-state index is 13.6. The van der Waals surface area contributed by atoms with E-state index in [1.165, 1.54) is 83.9 Å². The molecular formula is C70H84N30Na2O35P6. The Labute approximate surface area is 841 Å². The number of nitrogens with one attached hydrogen (secondary N) is 3. The Morgan fingerprint density at radius 2 is 0.685 bits per heavy atom. The topological polar surface area (TPSA) is 914 Å². The van der Waals surface area contributed by atoms with Gasteiger partial charge in [-0.15, -0.1) is 0 Å². The molecule has 12 aliphatic rings. The van der Waals surface area contributed by atoms with Crippen molar-refractivity contribution in [2.75, 3.05) is 95.4 Å². The molecule has 33 atom stereocenters. The number of phosphoric ester groups is 6. The first-order valence-corrected chi connectivity index (χ1v) is 51.7. The van der Waals surface area contributed by atoms with E-state index < -0.39 is 247 Å². The summed E-state index contributed by atoms with van der Waals surface area (Å²) in [5.74, 6) is -2.03. The number of imidazole rings is 6. The van der Waals surface area contributed by atoms with Crippen LogP contribution < -0.4 is 120 Å². The minimum absolute atomic E-state index is 0. The average Bonchev–Trinajstić information content (AvgIpc) is 1.52. The maximum atomic E-state index is 13.6. The summed E-state index contributed by atoms with van der Waals surface area (Å²) in [5, 5.41) is 23.0. The van der Waals surface area contributed by atoms with Crippen LogP contribution in [0.5, 0.6) is 0 Å². The molecule has 12 fully saturated rings. The summed E-state index contributed by atoms with van der Waals surface area (Å²) in [6.45, 7) is -1.60. The Bertz CT molecular complexity index is 6870. The zero-order chi connectivity index (χ0) is 99.1. The summed E-state index contributed by atoms with van der Waals surface area (Å²) < 4.78 is 191. The van der Waals surface area contributed by atoms with Crippen LogP contribution in [-0.2, 0) is 110 Å². The van der Waals surface area contributed by atoms with Gasteiger partial charge in [-0.05, 0) is 37.0 Å². The number of nitrogen functional groups attached to an aromatic ring is 6. The molecule has 6 saturated carbocycles. The van der Waals surface area contributed by atoms with Crippen LogP contribution in [0, 0.1) is 39.9 Å². The van der Waals surface area contributed by atoms with Crippen molar-refractivity contribution in [3.05, 3.63) is 88.0 Å². The molecule has 0 aromatic carbocycles. The summed E-state index contributed by atoms with van der Waals surface area (Å²) in [4.78, 5) is 177. The number of nitrogens with two attached hydrogens (primary N) is 6. The van der Waals surface area contributed by atoms with Crippen LogP contribution in [-0.4, -0.2) is 293 Å². The summed E-state index contributed by atoms with van der Waals surface area (Å²) in [6.07, 6.45) is -9.85. The van der Waals surface area contributed by atoms with Gasteiger partial charge in [0.15, 0.2) is 86.6 Å². The van der Waals surface area contributed by atoms with Crippen molar-refractivity contribution >= 4 is 149 Å². The maximum Gasteiger partial charge on any atom is 1.00 e. The Kier molecular flexibility index (Phi) is 26.4. The van der Waals surface area contributed by atoms with E-state index in [2.05, 4.69) is 89.7 Å². The predicted molar refractivity (Wildman–Crippen MR) is 460 cm³/mol. The molecule has 21 N–H and O–H groups in total. The van der Waals surface area contributed by atoms with Gasteiger partial charge in [0, 0.05) is 49.5 Å². The van der Waals surface area contributed by atoms with E-state index in [0.29, 0.717) is 23.2 Å². The molecule has 6 aliphatic carbocycles. The van der Waals surface area contributed by atoms with E-state index in [9.17, 15) is 81.3 Å². The normalized spacial score (nSPS) is 39.9. The first kappa shape index (κ1) is 102. The van der Waals surface area contributed by atoms with Crippen LogP contribution in [0.15, 0.2) is 71.3 Å². The Hall–Kier alpha value is -8.16. The predicted octanol–water partition coefficient (Wildman–Crippen LogP) is -9.05. The van der Waals surface area contributed by atoms with Crippen LogP contribution in [0.3, 0.4) is 0 Å². The van der Waals surface area contributed by atoms with Crippen molar-refractivity contribution in [3.8, 4) is 0 Å². The van der Waals surface area contributed by atoms with Crippen LogP contribution in [0.1, 0.15) is 63.0 Å². The van der Waals surface area contributed by atoms with Gasteiger partial charge >= 0.3 is 90.4 Å². The Morgan fingerprint density at radius 1 is 0.385 bits per heavy atom. The fraction of sp³-hybridized carbons (Fsp3) is 0.571. The number of nitrogens with zero attached hydrogens (tertiary/aromatic N) is 21. The standard InChI is InChI=1S/C24H30N10O11P2.2C23H28N10O12P2.2Na/c1-9-14(33-7-29-12-18(25)27-6-28-19(12)33)10-3-24(10)5-42-47(38,39)44-16-15(40-2)11(4-41-46(36,37)45-17(9)24)43-22(16)34-8-30-13-20(34)31-23(26)32-21(13)35;2*1-40-14-9-3-41-46(36,37)45-16-13(34)12(32-6-28-10-17(24)26-5-27-18(10)32)8-2-23(8,16)4-42-47(38,39)44-15(14)21(43-9)33-7-29-11-19(33)30-22(25)31-20(11)35;;/h6-11,14-17,22H,3-5H2,1-2H3,(H,36,37)(H,38,39)(H2,25,27,28)(H3,26,31,32,35);2*5-9,12-16,21,34H,2-4H2,1H3,(H,36,37)(H,38,39)(H2,24,26,27)(H3,25,30,31,35);;/q;;;2*+1/p-2/t9-,10+,11+,14-,15+,16+,17-,22+,24+;2*8-,9-,12-,13+,14-,15-,16+,21-,23-;;/m011../s1. The van der Waals surface area contributed by atoms with E-state index in [0.717, 1.165) is 6.33 Å². The number of rotatable bonds is 9. The minimum Gasteiger partial charge on any atom is -0.756 e. The van der Waals surface area contributed by atoms with Gasteiger partial charge < -0.3 is 134 Å². The summed E-state index contributed by atoms with van der Waals surface area (Å²) in [6, 6.07) is -2.04. The van der Waals surface area contributed by atoms with Gasteiger partial charge in [0.1, 0.15) is 115 Å². The number of hydrogen-bond donors (Lipinski definition) is 15.